The van der Waals surface area contributed by atoms with Crippen molar-refractivity contribution in [2.75, 3.05) is 0 Å². The summed E-state index contributed by atoms with van der Waals surface area (Å²) in [5, 5.41) is 0. The molecule has 0 spiro atoms. The molecule has 2 unspecified atom stereocenters. The van der Waals surface area contributed by atoms with Crippen molar-refractivity contribution < 1.29 is 52.7 Å². The summed E-state index contributed by atoms with van der Waals surface area (Å²) in [7, 11) is 0. The molecule has 0 aliphatic heterocycles. The average Bonchev–Trinajstić information content (AvgIpc) is 3.33. The molecule has 0 aromatic rings. The molecule has 0 radical (unpaired) electrons. The van der Waals surface area contributed by atoms with E-state index in [2.05, 4.69) is 208 Å². The number of halogens is 12. The molecule has 0 N–H and O–H groups in total. The van der Waals surface area contributed by atoms with E-state index in [1.807, 2.05) is 0 Å². The fourth-order valence-corrected chi connectivity index (χ4v) is 1.61. The van der Waals surface area contributed by atoms with Gasteiger partial charge in [-0.1, -0.05) is 340 Å². The molecule has 2 atom stereocenters. The summed E-state index contributed by atoms with van der Waals surface area (Å²) in [6.07, 6.45) is 0.560. The molecular formula is C70H158F12. The normalized spacial score (nSPS) is 11.3. The molecule has 0 rings (SSSR count). The molecular weight excluding hydrogens is 1070 g/mol. The second kappa shape index (κ2) is 82.2. The maximum Gasteiger partial charge on any atom is 0.391 e. The quantitative estimate of drug-likeness (QED) is 0.161. The first-order valence-corrected chi connectivity index (χ1v) is 32.4. The first-order valence-electron chi connectivity index (χ1n) is 32.4. The molecule has 0 heterocycles. The highest BCUT2D eigenvalue weighted by atomic mass is 19.4. The second-order valence-corrected chi connectivity index (χ2v) is 25.5. The van der Waals surface area contributed by atoms with Crippen LogP contribution in [0.15, 0.2) is 0 Å². The van der Waals surface area contributed by atoms with Crippen molar-refractivity contribution in [1.82, 2.24) is 0 Å². The van der Waals surface area contributed by atoms with Crippen molar-refractivity contribution in [1.29, 1.82) is 0 Å². The molecule has 0 aromatic carbocycles. The minimum Gasteiger partial charge on any atom is -0.171 e. The maximum absolute atomic E-state index is 11.4. The number of hydrogen-bond donors (Lipinski definition) is 0. The van der Waals surface area contributed by atoms with Crippen LogP contribution in [-0.4, -0.2) is 24.7 Å². The lowest BCUT2D eigenvalue weighted by Gasteiger charge is -2.12. The van der Waals surface area contributed by atoms with Gasteiger partial charge in [0.25, 0.3) is 0 Å². The molecule has 0 bridgehead atoms. The molecule has 522 valence electrons. The monoisotopic (exact) mass is 1230 g/mol. The summed E-state index contributed by atoms with van der Waals surface area (Å²) in [4.78, 5) is 0. The van der Waals surface area contributed by atoms with Gasteiger partial charge in [-0.05, 0) is 72.0 Å². The molecule has 0 saturated carbocycles. The predicted octanol–water partition coefficient (Wildman–Crippen LogP) is 31.7. The topological polar surface area (TPSA) is 0 Å². The summed E-state index contributed by atoms with van der Waals surface area (Å²) in [5.74, 6) is 3.02. The van der Waals surface area contributed by atoms with Crippen LogP contribution in [0.5, 0.6) is 0 Å². The molecule has 0 saturated heterocycles. The molecule has 0 amide bonds. The maximum atomic E-state index is 11.4. The van der Waals surface area contributed by atoms with Crippen LogP contribution < -0.4 is 0 Å². The van der Waals surface area contributed by atoms with Crippen molar-refractivity contribution in [3.05, 3.63) is 0 Å². The molecule has 82 heavy (non-hydrogen) atoms. The molecule has 0 aliphatic rings. The minimum atomic E-state index is -3.99. The largest absolute Gasteiger partial charge is 0.391 e. The fourth-order valence-electron chi connectivity index (χ4n) is 1.61. The lowest BCUT2D eigenvalue weighted by Crippen LogP contribution is -2.18. The van der Waals surface area contributed by atoms with E-state index in [0.717, 1.165) is 35.5 Å². The van der Waals surface area contributed by atoms with Crippen LogP contribution in [0, 0.1) is 58.2 Å². The molecule has 0 fully saturated rings. The van der Waals surface area contributed by atoms with Gasteiger partial charge in [0.05, 0.1) is 11.8 Å². The van der Waals surface area contributed by atoms with E-state index < -0.39 is 49.4 Å². The van der Waals surface area contributed by atoms with Crippen LogP contribution in [0.2, 0.25) is 0 Å². The van der Waals surface area contributed by atoms with Crippen LogP contribution >= 0.6 is 0 Å². The van der Waals surface area contributed by atoms with Crippen LogP contribution in [0.1, 0.15) is 379 Å². The Morgan fingerprint density at radius 1 is 0.244 bits per heavy atom. The SMILES string of the molecule is C.CCC(C)(C)C.CCC(C)(C)C.CCC(C)C.CCC(C)C.CCC(C)C.CCC(C)C.CCC(C)C.CCC(C)C(F)(F)F.CCC(C)C(F)(F)F.CCCC.CCCC.CCCC(C)C.CCCC(F)(F)F.CCCC(F)(F)F. The highest BCUT2D eigenvalue weighted by Crippen LogP contribution is 2.28. The van der Waals surface area contributed by atoms with Crippen molar-refractivity contribution in [3.8, 4) is 0 Å². The smallest absolute Gasteiger partial charge is 0.171 e. The van der Waals surface area contributed by atoms with Gasteiger partial charge in [0, 0.05) is 12.8 Å². The van der Waals surface area contributed by atoms with E-state index >= 15 is 0 Å². The standard InChI is InChI=1S/3C6H14.2C5H9F3.5C5H12.2C4H7F3.2C4H10.CH4/c2*1-5-6(2,3)4;1-4-5-6(2)3;2*1-3-4(2)5(6,7)8;5*1-4-5(2)3;2*1-2-3-4(5,6)7;2*1-3-4-2;/h2*5H2,1-4H3;6H,4-5H2,1-3H3;2*4H,3H2,1-2H3;5*5H,4H2,1-3H3;2*2-3H2,1H3;2*3-4H2,1-2H3;1H4. The first-order chi connectivity index (χ1) is 36.2. The average molecular weight is 1230 g/mol. The van der Waals surface area contributed by atoms with E-state index in [0.29, 0.717) is 10.8 Å². The number of unbranched alkanes of at least 4 members (excludes halogenated alkanes) is 2. The van der Waals surface area contributed by atoms with E-state index in [9.17, 15) is 52.7 Å². The Bertz CT molecular complexity index is 872. The van der Waals surface area contributed by atoms with Crippen molar-refractivity contribution in [2.45, 2.75) is 403 Å². The number of hydrogen-bond acceptors (Lipinski definition) is 0. The Labute approximate surface area is 512 Å². The summed E-state index contributed by atoms with van der Waals surface area (Å²) in [6.45, 7) is 75.0. The lowest BCUT2D eigenvalue weighted by molar-refractivity contribution is -0.170. The minimum absolute atomic E-state index is 0. The van der Waals surface area contributed by atoms with Crippen LogP contribution in [0.4, 0.5) is 52.7 Å². The van der Waals surface area contributed by atoms with E-state index in [1.165, 1.54) is 125 Å². The summed E-state index contributed by atoms with van der Waals surface area (Å²) in [5.41, 5.74) is 1.08. The zero-order valence-electron chi connectivity index (χ0n) is 61.6. The predicted molar refractivity (Wildman–Crippen MR) is 356 cm³/mol. The Morgan fingerprint density at radius 2 is 0.390 bits per heavy atom. The van der Waals surface area contributed by atoms with Crippen LogP contribution in [0.3, 0.4) is 0 Å². The third-order valence-corrected chi connectivity index (χ3v) is 11.5. The number of alkyl halides is 12. The van der Waals surface area contributed by atoms with Crippen molar-refractivity contribution in [2.24, 2.45) is 58.2 Å². The lowest BCUT2D eigenvalue weighted by atomic mass is 9.94. The zero-order chi connectivity index (χ0) is 69.1. The first kappa shape index (κ1) is 119. The Morgan fingerprint density at radius 3 is 0.390 bits per heavy atom. The highest BCUT2D eigenvalue weighted by molar-refractivity contribution is 4.59. The van der Waals surface area contributed by atoms with Crippen LogP contribution in [-0.2, 0) is 0 Å². The Hall–Kier alpha value is -0.840. The summed E-state index contributed by atoms with van der Waals surface area (Å²) < 4.78 is 135. The Balaban J connectivity index is -0.0000000455. The summed E-state index contributed by atoms with van der Waals surface area (Å²) >= 11 is 0. The third-order valence-electron chi connectivity index (χ3n) is 11.5. The van der Waals surface area contributed by atoms with Crippen molar-refractivity contribution >= 4 is 0 Å². The highest BCUT2D eigenvalue weighted by Gasteiger charge is 2.34. The molecule has 0 aromatic heterocycles. The van der Waals surface area contributed by atoms with Crippen molar-refractivity contribution in [3.63, 3.8) is 0 Å². The van der Waals surface area contributed by atoms with E-state index in [1.54, 1.807) is 0 Å². The van der Waals surface area contributed by atoms with Gasteiger partial charge in [-0.15, -0.1) is 0 Å². The second-order valence-electron chi connectivity index (χ2n) is 25.5. The molecule has 0 nitrogen and oxygen atoms in total. The zero-order valence-corrected chi connectivity index (χ0v) is 61.6. The van der Waals surface area contributed by atoms with E-state index in [-0.39, 0.29) is 33.1 Å². The van der Waals surface area contributed by atoms with Gasteiger partial charge in [-0.2, -0.15) is 52.7 Å². The van der Waals surface area contributed by atoms with Gasteiger partial charge < -0.3 is 0 Å². The third kappa shape index (κ3) is 248. The Kier molecular flexibility index (Phi) is 119. The summed E-state index contributed by atoms with van der Waals surface area (Å²) in [6, 6.07) is 0. The van der Waals surface area contributed by atoms with Gasteiger partial charge >= 0.3 is 24.7 Å². The fraction of sp³-hybridized carbons (Fsp3) is 1.00. The van der Waals surface area contributed by atoms with Gasteiger partial charge in [0.1, 0.15) is 0 Å². The van der Waals surface area contributed by atoms with E-state index in [4.69, 9.17) is 0 Å². The molecule has 0 aliphatic carbocycles. The van der Waals surface area contributed by atoms with Gasteiger partial charge in [-0.3, -0.25) is 0 Å². The van der Waals surface area contributed by atoms with Gasteiger partial charge in [-0.25, -0.2) is 0 Å². The van der Waals surface area contributed by atoms with Gasteiger partial charge in [0.2, 0.25) is 0 Å². The number of rotatable bonds is 13. The molecule has 12 heteroatoms. The van der Waals surface area contributed by atoms with Crippen LogP contribution in [0.25, 0.3) is 0 Å². The van der Waals surface area contributed by atoms with Gasteiger partial charge in [0.15, 0.2) is 0 Å².